The van der Waals surface area contributed by atoms with Gasteiger partial charge < -0.3 is 9.13 Å². The number of aliphatic imine (C=N–C) groups is 2. The summed E-state index contributed by atoms with van der Waals surface area (Å²) in [6.07, 6.45) is 0.559. The van der Waals surface area contributed by atoms with Gasteiger partial charge in [0.15, 0.2) is 5.84 Å². The molecule has 0 saturated carbocycles. The number of rotatable bonds is 5. The molecule has 11 aromatic carbocycles. The van der Waals surface area contributed by atoms with Crippen molar-refractivity contribution in [3.05, 3.63) is 223 Å². The second-order valence-electron chi connectivity index (χ2n) is 19.5. The van der Waals surface area contributed by atoms with E-state index in [9.17, 15) is 0 Å². The second kappa shape index (κ2) is 15.3. The topological polar surface area (TPSA) is 34.6 Å². The van der Waals surface area contributed by atoms with E-state index in [1.54, 1.807) is 0 Å². The number of thiophene rings is 2. The van der Waals surface area contributed by atoms with E-state index in [-0.39, 0.29) is 12.1 Å². The summed E-state index contributed by atoms with van der Waals surface area (Å²) in [6, 6.07) is 78.9. The SMILES string of the molecule is CCC1C(c2cccc3sc4ccccc4c23)=NC(c2cc(-n3c4cc5ccccc5cc4c4cc5ccccc5cc43)cc3sc4c5ccccc5ccc4c23)=NC1n1c2ccccc2c2ccccc21. The number of nitrogens with zero attached hydrogens (tertiary/aromatic N) is 4. The lowest BCUT2D eigenvalue weighted by molar-refractivity contribution is 0.427. The van der Waals surface area contributed by atoms with Crippen molar-refractivity contribution in [3.8, 4) is 5.69 Å². The largest absolute Gasteiger partial charge is 0.317 e. The lowest BCUT2D eigenvalue weighted by Crippen LogP contribution is -2.31. The van der Waals surface area contributed by atoms with Crippen LogP contribution in [0.1, 0.15) is 30.6 Å². The molecule has 4 aromatic heterocycles. The zero-order valence-electron chi connectivity index (χ0n) is 39.2. The van der Waals surface area contributed by atoms with Gasteiger partial charge in [-0.3, -0.25) is 0 Å². The average molecular weight is 955 g/mol. The van der Waals surface area contributed by atoms with Crippen molar-refractivity contribution in [2.45, 2.75) is 19.5 Å². The molecule has 0 amide bonds. The van der Waals surface area contributed by atoms with Crippen molar-refractivity contribution >= 4 is 150 Å². The van der Waals surface area contributed by atoms with Crippen molar-refractivity contribution in [1.82, 2.24) is 9.13 Å². The monoisotopic (exact) mass is 954 g/mol. The Hall–Kier alpha value is -8.42. The summed E-state index contributed by atoms with van der Waals surface area (Å²) in [5.41, 5.74) is 9.12. The average Bonchev–Trinajstić information content (AvgIpc) is 4.19. The molecular formula is C66H42N4S2. The molecule has 0 radical (unpaired) electrons. The van der Waals surface area contributed by atoms with E-state index < -0.39 is 0 Å². The minimum absolute atomic E-state index is 0.0297. The van der Waals surface area contributed by atoms with Crippen LogP contribution in [-0.2, 0) is 0 Å². The van der Waals surface area contributed by atoms with Gasteiger partial charge in [-0.2, -0.15) is 0 Å². The molecule has 16 rings (SSSR count). The fraction of sp³-hybridized carbons (Fsp3) is 0.0606. The van der Waals surface area contributed by atoms with Gasteiger partial charge in [-0.05, 0) is 99.4 Å². The zero-order chi connectivity index (χ0) is 47.2. The summed E-state index contributed by atoms with van der Waals surface area (Å²) in [6.45, 7) is 2.32. The minimum atomic E-state index is -0.294. The first-order valence-corrected chi connectivity index (χ1v) is 26.6. The van der Waals surface area contributed by atoms with Crippen LogP contribution in [0.2, 0.25) is 0 Å². The van der Waals surface area contributed by atoms with Gasteiger partial charge in [0.25, 0.3) is 0 Å². The number of hydrogen-bond acceptors (Lipinski definition) is 4. The lowest BCUT2D eigenvalue weighted by atomic mass is 9.87. The Morgan fingerprint density at radius 1 is 0.417 bits per heavy atom. The quantitative estimate of drug-likeness (QED) is 0.165. The summed E-state index contributed by atoms with van der Waals surface area (Å²) in [4.78, 5) is 12.1. The first-order valence-electron chi connectivity index (χ1n) is 24.9. The van der Waals surface area contributed by atoms with Crippen molar-refractivity contribution in [3.63, 3.8) is 0 Å². The molecule has 1 aliphatic rings. The number of benzene rings is 11. The molecule has 15 aromatic rings. The van der Waals surface area contributed by atoms with Crippen LogP contribution in [0.3, 0.4) is 0 Å². The van der Waals surface area contributed by atoms with E-state index >= 15 is 0 Å². The van der Waals surface area contributed by atoms with Crippen LogP contribution < -0.4 is 0 Å². The van der Waals surface area contributed by atoms with E-state index in [0.717, 1.165) is 29.2 Å². The fourth-order valence-electron chi connectivity index (χ4n) is 12.4. The van der Waals surface area contributed by atoms with Gasteiger partial charge in [0.2, 0.25) is 0 Å². The van der Waals surface area contributed by atoms with Crippen LogP contribution in [0.15, 0.2) is 222 Å². The molecular weight excluding hydrogens is 913 g/mol. The highest BCUT2D eigenvalue weighted by atomic mass is 32.1. The highest BCUT2D eigenvalue weighted by molar-refractivity contribution is 7.27. The van der Waals surface area contributed by atoms with Crippen molar-refractivity contribution in [1.29, 1.82) is 0 Å². The van der Waals surface area contributed by atoms with Crippen LogP contribution in [-0.4, -0.2) is 20.7 Å². The summed E-state index contributed by atoms with van der Waals surface area (Å²) in [7, 11) is 0. The van der Waals surface area contributed by atoms with Gasteiger partial charge in [0.05, 0.1) is 27.8 Å². The van der Waals surface area contributed by atoms with Gasteiger partial charge in [0, 0.05) is 84.6 Å². The molecule has 0 aliphatic carbocycles. The molecule has 2 atom stereocenters. The fourth-order valence-corrected chi connectivity index (χ4v) is 14.9. The van der Waals surface area contributed by atoms with Crippen LogP contribution in [0, 0.1) is 5.92 Å². The first kappa shape index (κ1) is 40.3. The van der Waals surface area contributed by atoms with E-state index in [2.05, 4.69) is 228 Å². The summed E-state index contributed by atoms with van der Waals surface area (Å²) in [5.74, 6) is 0.729. The molecule has 1 aliphatic heterocycles. The Morgan fingerprint density at radius 3 is 1.67 bits per heavy atom. The van der Waals surface area contributed by atoms with Gasteiger partial charge >= 0.3 is 0 Å². The standard InChI is InChI=1S/C66H42N4S2/c1-2-44-63(49-25-15-29-59-61(49)48-24-11-14-28-58(48)71-59)67-65(68-66(44)70-54-26-12-9-22-46(54)47-23-10-13-27-55(47)70)53-36-43(37-60-62(53)50-31-30-38-16-7-8-21-45(38)64(50)72-60)69-56-34-41-19-5-3-17-39(41)32-51(56)52-33-40-18-4-6-20-42(40)35-57(52)69/h3-37,44,66H,2H2,1H3. The van der Waals surface area contributed by atoms with Crippen molar-refractivity contribution in [2.24, 2.45) is 15.9 Å². The molecule has 338 valence electrons. The number of para-hydroxylation sites is 2. The number of aromatic nitrogens is 2. The van der Waals surface area contributed by atoms with Crippen LogP contribution in [0.5, 0.6) is 0 Å². The molecule has 6 heteroatoms. The number of hydrogen-bond donors (Lipinski definition) is 0. The van der Waals surface area contributed by atoms with Gasteiger partial charge in [-0.25, -0.2) is 9.98 Å². The van der Waals surface area contributed by atoms with Crippen LogP contribution in [0.4, 0.5) is 0 Å². The maximum atomic E-state index is 6.07. The highest BCUT2D eigenvalue weighted by Gasteiger charge is 2.36. The van der Waals surface area contributed by atoms with E-state index in [4.69, 9.17) is 9.98 Å². The number of amidine groups is 1. The third-order valence-electron chi connectivity index (χ3n) is 15.6. The van der Waals surface area contributed by atoms with Crippen LogP contribution in [0.25, 0.3) is 122 Å². The molecule has 2 unspecified atom stereocenters. The molecule has 0 spiro atoms. The maximum Gasteiger partial charge on any atom is 0.157 e. The Morgan fingerprint density at radius 2 is 0.986 bits per heavy atom. The molecule has 5 heterocycles. The number of fused-ring (bicyclic) bond motifs is 16. The zero-order valence-corrected chi connectivity index (χ0v) is 40.8. The first-order chi connectivity index (χ1) is 35.6. The Bertz CT molecular complexity index is 4740. The second-order valence-corrected chi connectivity index (χ2v) is 21.6. The smallest absolute Gasteiger partial charge is 0.157 e. The van der Waals surface area contributed by atoms with Gasteiger partial charge in [0.1, 0.15) is 6.17 Å². The van der Waals surface area contributed by atoms with Gasteiger partial charge in [-0.1, -0.05) is 159 Å². The Labute approximate surface area is 421 Å². The summed E-state index contributed by atoms with van der Waals surface area (Å²) >= 11 is 3.75. The molecule has 0 fully saturated rings. The minimum Gasteiger partial charge on any atom is -0.317 e. The summed E-state index contributed by atoms with van der Waals surface area (Å²) in [5, 5.41) is 17.3. The molecule has 72 heavy (non-hydrogen) atoms. The normalized spacial score (nSPS) is 15.5. The maximum absolute atomic E-state index is 6.07. The van der Waals surface area contributed by atoms with Gasteiger partial charge in [-0.15, -0.1) is 22.7 Å². The van der Waals surface area contributed by atoms with Crippen LogP contribution >= 0.6 is 22.7 Å². The molecule has 0 bridgehead atoms. The van der Waals surface area contributed by atoms with E-state index in [1.807, 2.05) is 22.7 Å². The molecule has 4 nitrogen and oxygen atoms in total. The van der Waals surface area contributed by atoms with Crippen molar-refractivity contribution in [2.75, 3.05) is 0 Å². The molecule has 0 saturated heterocycles. The molecule has 0 N–H and O–H groups in total. The predicted octanol–water partition coefficient (Wildman–Crippen LogP) is 18.6. The Balaban J connectivity index is 1.06. The predicted molar refractivity (Wildman–Crippen MR) is 311 cm³/mol. The highest BCUT2D eigenvalue weighted by Crippen LogP contribution is 2.47. The third kappa shape index (κ3) is 5.73. The van der Waals surface area contributed by atoms with Crippen molar-refractivity contribution < 1.29 is 0 Å². The third-order valence-corrected chi connectivity index (χ3v) is 18.0. The van der Waals surface area contributed by atoms with E-state index in [0.29, 0.717) is 0 Å². The Kier molecular flexibility index (Phi) is 8.56. The summed E-state index contributed by atoms with van der Waals surface area (Å²) < 4.78 is 10.1. The lowest BCUT2D eigenvalue weighted by Gasteiger charge is -2.32. The van der Waals surface area contributed by atoms with E-state index in [1.165, 1.54) is 122 Å².